The maximum absolute atomic E-state index is 12.5. The number of hydrogen-bond acceptors (Lipinski definition) is 6. The number of nitrogens with zero attached hydrogens (tertiary/aromatic N) is 1. The second-order valence-corrected chi connectivity index (χ2v) is 7.84. The Labute approximate surface area is 168 Å². The molecular formula is C20H23N5O2S. The molecule has 2 aliphatic rings. The summed E-state index contributed by atoms with van der Waals surface area (Å²) in [7, 11) is 0. The van der Waals surface area contributed by atoms with Gasteiger partial charge in [0, 0.05) is 13.1 Å². The summed E-state index contributed by atoms with van der Waals surface area (Å²) in [5.74, 6) is 0.0262. The van der Waals surface area contributed by atoms with Crippen LogP contribution in [0.3, 0.4) is 0 Å². The second kappa shape index (κ2) is 8.64. The van der Waals surface area contributed by atoms with Gasteiger partial charge in [0.25, 0.3) is 0 Å². The van der Waals surface area contributed by atoms with E-state index in [9.17, 15) is 9.59 Å². The number of benzene rings is 2. The summed E-state index contributed by atoms with van der Waals surface area (Å²) < 4.78 is 0. The monoisotopic (exact) mass is 397 g/mol. The third kappa shape index (κ3) is 4.30. The van der Waals surface area contributed by atoms with Gasteiger partial charge in [-0.2, -0.15) is 0 Å². The summed E-state index contributed by atoms with van der Waals surface area (Å²) >= 11 is 1.38. The molecule has 0 spiro atoms. The number of para-hydroxylation sites is 1. The lowest BCUT2D eigenvalue weighted by Crippen LogP contribution is -2.63. The molecule has 0 aliphatic carbocycles. The van der Waals surface area contributed by atoms with Crippen molar-refractivity contribution in [1.29, 1.82) is 0 Å². The summed E-state index contributed by atoms with van der Waals surface area (Å²) in [4.78, 5) is 24.6. The molecule has 0 saturated carbocycles. The van der Waals surface area contributed by atoms with Crippen LogP contribution in [0, 0.1) is 5.92 Å². The minimum atomic E-state index is -0.317. The van der Waals surface area contributed by atoms with Crippen LogP contribution in [0.2, 0.25) is 0 Å². The van der Waals surface area contributed by atoms with Gasteiger partial charge in [-0.1, -0.05) is 48.5 Å². The first-order valence-corrected chi connectivity index (χ1v) is 10.3. The van der Waals surface area contributed by atoms with Gasteiger partial charge in [-0.15, -0.1) is 11.8 Å². The van der Waals surface area contributed by atoms with Crippen molar-refractivity contribution in [3.8, 4) is 0 Å². The molecule has 146 valence electrons. The number of hydrazine groups is 1. The summed E-state index contributed by atoms with van der Waals surface area (Å²) in [5.41, 5.74) is 5.03. The maximum atomic E-state index is 12.5. The Bertz CT molecular complexity index is 820. The molecule has 4 rings (SSSR count). The topological polar surface area (TPSA) is 85.5 Å². The molecule has 2 aromatic carbocycles. The number of nitrogens with one attached hydrogen (secondary N) is 4. The highest BCUT2D eigenvalue weighted by Crippen LogP contribution is 2.26. The third-order valence-electron chi connectivity index (χ3n) is 4.82. The molecule has 28 heavy (non-hydrogen) atoms. The third-order valence-corrected chi connectivity index (χ3v) is 5.84. The standard InChI is InChI=1S/C20H23N5O2S/c26-17(21-11-14-7-3-1-4-8-14)13-28-20-23-18-16(19(27)24-20)12-22-25(18)15-9-5-2-6-10-15/h1-10,16,18,20,22-23H,11-13H2,(H,21,26)(H,24,27). The van der Waals surface area contributed by atoms with Gasteiger partial charge >= 0.3 is 0 Å². The van der Waals surface area contributed by atoms with Crippen LogP contribution in [0.25, 0.3) is 0 Å². The van der Waals surface area contributed by atoms with E-state index in [1.54, 1.807) is 0 Å². The van der Waals surface area contributed by atoms with E-state index in [2.05, 4.69) is 21.4 Å². The number of carbonyl (C=O) groups is 2. The van der Waals surface area contributed by atoms with Crippen LogP contribution < -0.4 is 26.4 Å². The van der Waals surface area contributed by atoms with E-state index >= 15 is 0 Å². The zero-order valence-electron chi connectivity index (χ0n) is 15.3. The molecule has 0 aromatic heterocycles. The fourth-order valence-corrected chi connectivity index (χ4v) is 4.24. The van der Waals surface area contributed by atoms with Crippen molar-refractivity contribution < 1.29 is 9.59 Å². The first kappa shape index (κ1) is 18.8. The van der Waals surface area contributed by atoms with Crippen LogP contribution in [-0.4, -0.2) is 35.8 Å². The first-order valence-electron chi connectivity index (χ1n) is 9.27. The Hall–Kier alpha value is -2.55. The second-order valence-electron chi connectivity index (χ2n) is 6.75. The van der Waals surface area contributed by atoms with Gasteiger partial charge in [0.2, 0.25) is 11.8 Å². The van der Waals surface area contributed by atoms with Crippen molar-refractivity contribution in [2.24, 2.45) is 5.92 Å². The van der Waals surface area contributed by atoms with Crippen LogP contribution in [0.4, 0.5) is 5.69 Å². The van der Waals surface area contributed by atoms with Crippen LogP contribution in [-0.2, 0) is 16.1 Å². The van der Waals surface area contributed by atoms with Crippen molar-refractivity contribution in [3.63, 3.8) is 0 Å². The molecule has 0 radical (unpaired) electrons. The molecule has 7 nitrogen and oxygen atoms in total. The van der Waals surface area contributed by atoms with Crippen LogP contribution in [0.5, 0.6) is 0 Å². The number of amides is 2. The van der Waals surface area contributed by atoms with Gasteiger partial charge in [0.05, 0.1) is 17.4 Å². The smallest absolute Gasteiger partial charge is 0.230 e. The molecule has 2 aliphatic heterocycles. The number of hydrogen-bond donors (Lipinski definition) is 4. The zero-order valence-corrected chi connectivity index (χ0v) is 16.1. The van der Waals surface area contributed by atoms with Crippen LogP contribution >= 0.6 is 11.8 Å². The number of anilines is 1. The Morgan fingerprint density at radius 1 is 1.11 bits per heavy atom. The van der Waals surface area contributed by atoms with Gasteiger partial charge in [0.1, 0.15) is 11.7 Å². The number of carbonyl (C=O) groups excluding carboxylic acids is 2. The number of fused-ring (bicyclic) bond motifs is 1. The Morgan fingerprint density at radius 2 is 1.82 bits per heavy atom. The lowest BCUT2D eigenvalue weighted by Gasteiger charge is -2.37. The molecule has 3 atom stereocenters. The van der Waals surface area contributed by atoms with Crippen molar-refractivity contribution in [3.05, 3.63) is 66.2 Å². The quantitative estimate of drug-likeness (QED) is 0.582. The molecule has 8 heteroatoms. The average Bonchev–Trinajstić information content (AvgIpc) is 3.17. The van der Waals surface area contributed by atoms with Crippen molar-refractivity contribution in [2.75, 3.05) is 17.3 Å². The fraction of sp³-hybridized carbons (Fsp3) is 0.300. The van der Waals surface area contributed by atoms with E-state index in [0.29, 0.717) is 13.1 Å². The van der Waals surface area contributed by atoms with Crippen molar-refractivity contribution >= 4 is 29.3 Å². The van der Waals surface area contributed by atoms with E-state index in [1.165, 1.54) is 11.8 Å². The molecule has 2 aromatic rings. The minimum absolute atomic E-state index is 0.00289. The van der Waals surface area contributed by atoms with Gasteiger partial charge < -0.3 is 10.6 Å². The van der Waals surface area contributed by atoms with Crippen molar-refractivity contribution in [1.82, 2.24) is 21.4 Å². The Morgan fingerprint density at radius 3 is 2.57 bits per heavy atom. The van der Waals surface area contributed by atoms with Gasteiger partial charge in [-0.05, 0) is 17.7 Å². The molecule has 2 saturated heterocycles. The number of rotatable bonds is 6. The first-order chi connectivity index (χ1) is 13.7. The fourth-order valence-electron chi connectivity index (χ4n) is 3.38. The van der Waals surface area contributed by atoms with E-state index in [0.717, 1.165) is 11.3 Å². The normalized spacial score (nSPS) is 23.8. The molecule has 2 amide bonds. The summed E-state index contributed by atoms with van der Waals surface area (Å²) in [5, 5.41) is 11.3. The molecule has 4 N–H and O–H groups in total. The van der Waals surface area contributed by atoms with Crippen molar-refractivity contribution in [2.45, 2.75) is 18.2 Å². The van der Waals surface area contributed by atoms with Gasteiger partial charge in [0.15, 0.2) is 0 Å². The summed E-state index contributed by atoms with van der Waals surface area (Å²) in [6.07, 6.45) is -0.152. The average molecular weight is 398 g/mol. The maximum Gasteiger partial charge on any atom is 0.230 e. The molecule has 2 fully saturated rings. The SMILES string of the molecule is O=C(CSC1NC(=O)C2CNN(c3ccccc3)C2N1)NCc1ccccc1. The molecule has 2 heterocycles. The predicted molar refractivity (Wildman–Crippen MR) is 110 cm³/mol. The molecule has 3 unspecified atom stereocenters. The van der Waals surface area contributed by atoms with E-state index in [1.807, 2.05) is 65.7 Å². The predicted octanol–water partition coefficient (Wildman–Crippen LogP) is 1.01. The highest BCUT2D eigenvalue weighted by atomic mass is 32.2. The zero-order chi connectivity index (χ0) is 19.3. The number of thioether (sulfide) groups is 1. The van der Waals surface area contributed by atoms with Crippen LogP contribution in [0.15, 0.2) is 60.7 Å². The highest BCUT2D eigenvalue weighted by Gasteiger charge is 2.44. The summed E-state index contributed by atoms with van der Waals surface area (Å²) in [6.45, 7) is 1.08. The summed E-state index contributed by atoms with van der Waals surface area (Å²) in [6, 6.07) is 19.7. The largest absolute Gasteiger partial charge is 0.351 e. The van der Waals surface area contributed by atoms with E-state index in [4.69, 9.17) is 0 Å². The lowest BCUT2D eigenvalue weighted by atomic mass is 10.1. The van der Waals surface area contributed by atoms with Gasteiger partial charge in [-0.3, -0.25) is 19.9 Å². The van der Waals surface area contributed by atoms with E-state index in [-0.39, 0.29) is 35.1 Å². The lowest BCUT2D eigenvalue weighted by molar-refractivity contribution is -0.127. The Kier molecular flexibility index (Phi) is 5.80. The molecule has 0 bridgehead atoms. The minimum Gasteiger partial charge on any atom is -0.351 e. The Balaban J connectivity index is 1.31. The highest BCUT2D eigenvalue weighted by molar-refractivity contribution is 8.00. The van der Waals surface area contributed by atoms with Gasteiger partial charge in [-0.25, -0.2) is 5.43 Å². The van der Waals surface area contributed by atoms with Crippen LogP contribution in [0.1, 0.15) is 5.56 Å². The molecular weight excluding hydrogens is 374 g/mol. The van der Waals surface area contributed by atoms with E-state index < -0.39 is 0 Å².